The largest absolute Gasteiger partial charge is 0.462 e. The Morgan fingerprint density at radius 2 is 0.667 bits per heavy atom. The standard InChI is InChI=1S/C48H86O6/c1-4-7-10-13-16-19-21-23-24-25-27-29-32-35-38-41-47(50)53-44-45(43-52-46(49)40-37-34-31-28-18-15-12-9-6-3)54-48(51)42-39-36-33-30-26-22-20-17-14-11-8-5-2/h16,19,23-24,27,29,45H,4-15,17-18,20-22,25-26,28,30-44H2,1-3H3/b19-16-,24-23-,29-27-/t45-/m1/s1. The Balaban J connectivity index is 4.40. The summed E-state index contributed by atoms with van der Waals surface area (Å²) >= 11 is 0. The van der Waals surface area contributed by atoms with Crippen molar-refractivity contribution in [1.29, 1.82) is 0 Å². The molecule has 1 atom stereocenters. The topological polar surface area (TPSA) is 78.9 Å². The fourth-order valence-electron chi connectivity index (χ4n) is 6.39. The smallest absolute Gasteiger partial charge is 0.306 e. The molecule has 0 saturated heterocycles. The van der Waals surface area contributed by atoms with Gasteiger partial charge in [0.05, 0.1) is 0 Å². The lowest BCUT2D eigenvalue weighted by atomic mass is 10.0. The molecule has 0 aliphatic heterocycles. The minimum atomic E-state index is -0.779. The van der Waals surface area contributed by atoms with Gasteiger partial charge >= 0.3 is 17.9 Å². The maximum atomic E-state index is 12.7. The minimum absolute atomic E-state index is 0.0811. The van der Waals surface area contributed by atoms with Gasteiger partial charge in [0.2, 0.25) is 0 Å². The highest BCUT2D eigenvalue weighted by Gasteiger charge is 2.19. The third-order valence-corrected chi connectivity index (χ3v) is 9.90. The van der Waals surface area contributed by atoms with Crippen molar-refractivity contribution in [2.24, 2.45) is 0 Å². The highest BCUT2D eigenvalue weighted by molar-refractivity contribution is 5.71. The van der Waals surface area contributed by atoms with Gasteiger partial charge in [0.1, 0.15) is 13.2 Å². The maximum absolute atomic E-state index is 12.7. The summed E-state index contributed by atoms with van der Waals surface area (Å²) in [7, 11) is 0. The monoisotopic (exact) mass is 759 g/mol. The van der Waals surface area contributed by atoms with Crippen molar-refractivity contribution in [3.05, 3.63) is 36.5 Å². The molecule has 0 rings (SSSR count). The fourth-order valence-corrected chi connectivity index (χ4v) is 6.39. The Labute approximate surface area is 334 Å². The van der Waals surface area contributed by atoms with Gasteiger partial charge in [0.15, 0.2) is 6.10 Å². The molecule has 314 valence electrons. The van der Waals surface area contributed by atoms with Crippen LogP contribution in [0.5, 0.6) is 0 Å². The molecular weight excluding hydrogens is 673 g/mol. The molecule has 0 fully saturated rings. The maximum Gasteiger partial charge on any atom is 0.306 e. The van der Waals surface area contributed by atoms with E-state index in [9.17, 15) is 14.4 Å². The van der Waals surface area contributed by atoms with Crippen molar-refractivity contribution in [2.75, 3.05) is 13.2 Å². The van der Waals surface area contributed by atoms with Crippen molar-refractivity contribution < 1.29 is 28.6 Å². The lowest BCUT2D eigenvalue weighted by Crippen LogP contribution is -2.30. The van der Waals surface area contributed by atoms with Gasteiger partial charge in [-0.2, -0.15) is 0 Å². The number of allylic oxidation sites excluding steroid dienone is 6. The molecule has 0 saturated carbocycles. The van der Waals surface area contributed by atoms with Gasteiger partial charge in [-0.15, -0.1) is 0 Å². The normalized spacial score (nSPS) is 12.3. The van der Waals surface area contributed by atoms with Crippen LogP contribution in [0.3, 0.4) is 0 Å². The number of carbonyl (C=O) groups excluding carboxylic acids is 3. The number of esters is 3. The van der Waals surface area contributed by atoms with Crippen LogP contribution < -0.4 is 0 Å². The van der Waals surface area contributed by atoms with Crippen LogP contribution in [0.4, 0.5) is 0 Å². The number of unbranched alkanes of at least 4 members (excludes halogenated alkanes) is 24. The summed E-state index contributed by atoms with van der Waals surface area (Å²) in [5.41, 5.74) is 0. The van der Waals surface area contributed by atoms with E-state index in [0.29, 0.717) is 19.3 Å². The first-order valence-corrected chi connectivity index (χ1v) is 23.0. The summed E-state index contributed by atoms with van der Waals surface area (Å²) in [6.07, 6.45) is 48.4. The second kappa shape index (κ2) is 43.4. The van der Waals surface area contributed by atoms with Crippen LogP contribution in [-0.2, 0) is 28.6 Å². The van der Waals surface area contributed by atoms with Gasteiger partial charge in [0.25, 0.3) is 0 Å². The van der Waals surface area contributed by atoms with Gasteiger partial charge < -0.3 is 14.2 Å². The molecular formula is C48H86O6. The zero-order chi connectivity index (χ0) is 39.4. The molecule has 0 aliphatic carbocycles. The van der Waals surface area contributed by atoms with Gasteiger partial charge in [-0.05, 0) is 57.8 Å². The van der Waals surface area contributed by atoms with Crippen LogP contribution in [0.1, 0.15) is 233 Å². The zero-order valence-electron chi connectivity index (χ0n) is 35.7. The molecule has 0 radical (unpaired) electrons. The van der Waals surface area contributed by atoms with Crippen LogP contribution in [0, 0.1) is 0 Å². The van der Waals surface area contributed by atoms with E-state index >= 15 is 0 Å². The summed E-state index contributed by atoms with van der Waals surface area (Å²) in [5.74, 6) is -0.921. The predicted molar refractivity (Wildman–Crippen MR) is 229 cm³/mol. The van der Waals surface area contributed by atoms with Gasteiger partial charge in [-0.3, -0.25) is 14.4 Å². The van der Waals surface area contributed by atoms with E-state index in [2.05, 4.69) is 57.2 Å². The van der Waals surface area contributed by atoms with Crippen LogP contribution in [0.25, 0.3) is 0 Å². The third-order valence-electron chi connectivity index (χ3n) is 9.90. The molecule has 0 amide bonds. The Kier molecular flexibility index (Phi) is 41.5. The van der Waals surface area contributed by atoms with Crippen molar-refractivity contribution in [3.63, 3.8) is 0 Å². The molecule has 0 heterocycles. The minimum Gasteiger partial charge on any atom is -0.462 e. The number of hydrogen-bond acceptors (Lipinski definition) is 6. The third kappa shape index (κ3) is 40.8. The van der Waals surface area contributed by atoms with Crippen LogP contribution in [-0.4, -0.2) is 37.2 Å². The molecule has 0 bridgehead atoms. The van der Waals surface area contributed by atoms with E-state index in [-0.39, 0.29) is 31.1 Å². The molecule has 0 aromatic heterocycles. The lowest BCUT2D eigenvalue weighted by Gasteiger charge is -2.18. The van der Waals surface area contributed by atoms with Crippen molar-refractivity contribution in [1.82, 2.24) is 0 Å². The first-order valence-electron chi connectivity index (χ1n) is 23.0. The number of hydrogen-bond donors (Lipinski definition) is 0. The van der Waals surface area contributed by atoms with Crippen molar-refractivity contribution in [2.45, 2.75) is 239 Å². The summed E-state index contributed by atoms with van der Waals surface area (Å²) in [6.45, 7) is 6.55. The number of carbonyl (C=O) groups is 3. The summed E-state index contributed by atoms with van der Waals surface area (Å²) in [4.78, 5) is 37.7. The first kappa shape index (κ1) is 51.6. The lowest BCUT2D eigenvalue weighted by molar-refractivity contribution is -0.167. The molecule has 0 spiro atoms. The molecule has 0 unspecified atom stereocenters. The molecule has 6 nitrogen and oxygen atoms in total. The molecule has 0 aromatic carbocycles. The Hall–Kier alpha value is -2.37. The number of rotatable bonds is 41. The van der Waals surface area contributed by atoms with E-state index < -0.39 is 6.10 Å². The van der Waals surface area contributed by atoms with E-state index in [1.165, 1.54) is 122 Å². The molecule has 6 heteroatoms. The van der Waals surface area contributed by atoms with E-state index in [1.807, 2.05) is 0 Å². The predicted octanol–water partition coefficient (Wildman–Crippen LogP) is 14.6. The van der Waals surface area contributed by atoms with Gasteiger partial charge in [-0.25, -0.2) is 0 Å². The fraction of sp³-hybridized carbons (Fsp3) is 0.812. The highest BCUT2D eigenvalue weighted by Crippen LogP contribution is 2.14. The molecule has 54 heavy (non-hydrogen) atoms. The summed E-state index contributed by atoms with van der Waals surface area (Å²) < 4.78 is 16.7. The average Bonchev–Trinajstić information content (AvgIpc) is 3.17. The van der Waals surface area contributed by atoms with E-state index in [0.717, 1.165) is 70.6 Å². The zero-order valence-corrected chi connectivity index (χ0v) is 35.7. The molecule has 0 aliphatic rings. The SMILES string of the molecule is CCCCC/C=C\C/C=C\C/C=C\CCCCC(=O)OC[C@@H](COC(=O)CCCCCCCCCCC)OC(=O)CCCCCCCCCCCCCC. The van der Waals surface area contributed by atoms with E-state index in [4.69, 9.17) is 14.2 Å². The second-order valence-corrected chi connectivity index (χ2v) is 15.3. The van der Waals surface area contributed by atoms with E-state index in [1.54, 1.807) is 0 Å². The average molecular weight is 759 g/mol. The Morgan fingerprint density at radius 3 is 1.07 bits per heavy atom. The van der Waals surface area contributed by atoms with Crippen LogP contribution >= 0.6 is 0 Å². The van der Waals surface area contributed by atoms with Crippen LogP contribution in [0.15, 0.2) is 36.5 Å². The highest BCUT2D eigenvalue weighted by atomic mass is 16.6. The first-order chi connectivity index (χ1) is 26.5. The molecule has 0 N–H and O–H groups in total. The van der Waals surface area contributed by atoms with Gasteiger partial charge in [-0.1, -0.05) is 192 Å². The van der Waals surface area contributed by atoms with Crippen molar-refractivity contribution >= 4 is 17.9 Å². The Morgan fingerprint density at radius 1 is 0.370 bits per heavy atom. The second-order valence-electron chi connectivity index (χ2n) is 15.3. The Bertz CT molecular complexity index is 922. The molecule has 0 aromatic rings. The van der Waals surface area contributed by atoms with Crippen LogP contribution in [0.2, 0.25) is 0 Å². The van der Waals surface area contributed by atoms with Gasteiger partial charge in [0, 0.05) is 19.3 Å². The summed E-state index contributed by atoms with van der Waals surface area (Å²) in [5, 5.41) is 0. The number of ether oxygens (including phenoxy) is 3. The van der Waals surface area contributed by atoms with Crippen molar-refractivity contribution in [3.8, 4) is 0 Å². The summed E-state index contributed by atoms with van der Waals surface area (Å²) in [6, 6.07) is 0. The quantitative estimate of drug-likeness (QED) is 0.0267.